The van der Waals surface area contributed by atoms with Crippen LogP contribution in [0.15, 0.2) is 47.5 Å². The van der Waals surface area contributed by atoms with Crippen LogP contribution in [0.25, 0.3) is 16.7 Å². The molecule has 14 nitrogen and oxygen atoms in total. The second-order valence-electron chi connectivity index (χ2n) is 7.37. The lowest BCUT2D eigenvalue weighted by atomic mass is 10.2. The molecule has 4 aromatic rings. The fourth-order valence-electron chi connectivity index (χ4n) is 3.39. The Balaban J connectivity index is 1.76. The molecule has 192 valence electrons. The van der Waals surface area contributed by atoms with Crippen molar-refractivity contribution < 1.29 is 32.2 Å². The molecule has 0 saturated carbocycles. The summed E-state index contributed by atoms with van der Waals surface area (Å²) in [5.74, 6) is -1.04. The summed E-state index contributed by atoms with van der Waals surface area (Å²) in [7, 11) is -0.950. The van der Waals surface area contributed by atoms with E-state index >= 15 is 0 Å². The van der Waals surface area contributed by atoms with Crippen molar-refractivity contribution in [3.05, 3.63) is 53.7 Å². The Bertz CT molecular complexity index is 1600. The van der Waals surface area contributed by atoms with Gasteiger partial charge in [0.2, 0.25) is 17.7 Å². The number of esters is 1. The van der Waals surface area contributed by atoms with Crippen molar-refractivity contribution >= 4 is 38.9 Å². The molecule has 2 amide bonds. The Hall–Kier alpha value is -4.79. The summed E-state index contributed by atoms with van der Waals surface area (Å²) in [6.07, 6.45) is 0. The molecule has 0 radical (unpaired) electrons. The van der Waals surface area contributed by atoms with Gasteiger partial charge in [0.25, 0.3) is 10.0 Å². The highest BCUT2D eigenvalue weighted by atomic mass is 32.2. The number of hydrogen-bond donors (Lipinski definition) is 2. The maximum absolute atomic E-state index is 13.4. The van der Waals surface area contributed by atoms with E-state index in [0.717, 1.165) is 17.2 Å². The molecule has 0 unspecified atom stereocenters. The number of amides is 2. The van der Waals surface area contributed by atoms with Gasteiger partial charge < -0.3 is 14.2 Å². The van der Waals surface area contributed by atoms with Crippen LogP contribution in [-0.2, 0) is 14.8 Å². The first-order chi connectivity index (χ1) is 17.7. The Kier molecular flexibility index (Phi) is 6.88. The normalized spacial score (nSPS) is 11.1. The van der Waals surface area contributed by atoms with Crippen LogP contribution in [0, 0.1) is 6.92 Å². The van der Waals surface area contributed by atoms with E-state index in [1.165, 1.54) is 33.3 Å². The third kappa shape index (κ3) is 5.11. The Morgan fingerprint density at radius 1 is 0.946 bits per heavy atom. The number of pyridine rings is 1. The summed E-state index contributed by atoms with van der Waals surface area (Å²) in [5.41, 5.74) is 0.242. The van der Waals surface area contributed by atoms with Crippen LogP contribution in [-0.4, -0.2) is 66.5 Å². The third-order valence-corrected chi connectivity index (χ3v) is 6.35. The highest BCUT2D eigenvalue weighted by Crippen LogP contribution is 2.25. The lowest BCUT2D eigenvalue weighted by Gasteiger charge is -2.12. The number of methoxy groups -OCH3 is 3. The molecule has 3 aromatic heterocycles. The van der Waals surface area contributed by atoms with E-state index in [0.29, 0.717) is 5.52 Å². The van der Waals surface area contributed by atoms with Gasteiger partial charge in [-0.3, -0.25) is 5.32 Å². The molecule has 0 aliphatic rings. The number of nitrogens with zero attached hydrogens (tertiary/aromatic N) is 5. The zero-order valence-corrected chi connectivity index (χ0v) is 20.9. The molecule has 4 rings (SSSR count). The number of aromatic nitrogens is 5. The standard InChI is InChI=1S/C22H21N7O7S/c1-12-18(20(30)36-4)19(29(27-12)15-10-9-13-7-5-6-8-14(13)23-15)37(32,33)28-22(31)26-21-24-16(34-2)11-17(25-21)35-3/h5-11H,1-4H3,(H2,24,25,26,28,31). The van der Waals surface area contributed by atoms with Crippen LogP contribution in [0.4, 0.5) is 10.7 Å². The Labute approximate surface area is 210 Å². The van der Waals surface area contributed by atoms with E-state index in [9.17, 15) is 18.0 Å². The van der Waals surface area contributed by atoms with E-state index in [1.807, 2.05) is 16.9 Å². The van der Waals surface area contributed by atoms with Gasteiger partial charge in [-0.15, -0.1) is 0 Å². The van der Waals surface area contributed by atoms with Crippen LogP contribution in [0.1, 0.15) is 16.1 Å². The maximum atomic E-state index is 13.4. The molecule has 0 aliphatic heterocycles. The summed E-state index contributed by atoms with van der Waals surface area (Å²) < 4.78 is 44.5. The predicted octanol–water partition coefficient (Wildman–Crippen LogP) is 1.83. The number of para-hydroxylation sites is 1. The van der Waals surface area contributed by atoms with Crippen molar-refractivity contribution in [2.45, 2.75) is 11.9 Å². The Morgan fingerprint density at radius 3 is 2.27 bits per heavy atom. The van der Waals surface area contributed by atoms with Crippen LogP contribution in [0.2, 0.25) is 0 Å². The molecule has 15 heteroatoms. The van der Waals surface area contributed by atoms with Gasteiger partial charge in [-0.1, -0.05) is 18.2 Å². The number of rotatable bonds is 7. The summed E-state index contributed by atoms with van der Waals surface area (Å²) in [6.45, 7) is 1.43. The highest BCUT2D eigenvalue weighted by molar-refractivity contribution is 7.90. The fourth-order valence-corrected chi connectivity index (χ4v) is 4.64. The molecule has 0 aliphatic carbocycles. The number of carbonyl (C=O) groups excluding carboxylic acids is 2. The number of sulfonamides is 1. The van der Waals surface area contributed by atoms with Gasteiger partial charge in [-0.25, -0.2) is 24.0 Å². The zero-order valence-electron chi connectivity index (χ0n) is 20.0. The lowest BCUT2D eigenvalue weighted by Crippen LogP contribution is -2.36. The molecule has 3 heterocycles. The Morgan fingerprint density at radius 2 is 1.62 bits per heavy atom. The third-order valence-electron chi connectivity index (χ3n) is 5.01. The van der Waals surface area contributed by atoms with E-state index in [1.54, 1.807) is 18.2 Å². The average Bonchev–Trinajstić information content (AvgIpc) is 3.25. The molecule has 0 fully saturated rings. The van der Waals surface area contributed by atoms with E-state index in [-0.39, 0.29) is 34.8 Å². The van der Waals surface area contributed by atoms with Gasteiger partial charge >= 0.3 is 12.0 Å². The summed E-state index contributed by atoms with van der Waals surface area (Å²) >= 11 is 0. The second kappa shape index (κ2) is 10.1. The highest BCUT2D eigenvalue weighted by Gasteiger charge is 2.34. The minimum Gasteiger partial charge on any atom is -0.481 e. The number of carbonyl (C=O) groups is 2. The number of anilines is 1. The fraction of sp³-hybridized carbons (Fsp3) is 0.182. The van der Waals surface area contributed by atoms with E-state index in [2.05, 4.69) is 25.4 Å². The number of hydrogen-bond acceptors (Lipinski definition) is 11. The van der Waals surface area contributed by atoms with Crippen molar-refractivity contribution in [1.82, 2.24) is 29.5 Å². The van der Waals surface area contributed by atoms with Gasteiger partial charge in [-0.2, -0.15) is 23.5 Å². The average molecular weight is 528 g/mol. The maximum Gasteiger partial charge on any atom is 0.342 e. The first kappa shape index (κ1) is 25.3. The van der Waals surface area contributed by atoms with Crippen molar-refractivity contribution in [2.24, 2.45) is 0 Å². The summed E-state index contributed by atoms with van der Waals surface area (Å²) in [6, 6.07) is 10.6. The van der Waals surface area contributed by atoms with E-state index in [4.69, 9.17) is 14.2 Å². The van der Waals surface area contributed by atoms with Gasteiger partial charge in [0.1, 0.15) is 5.56 Å². The number of aryl methyl sites for hydroxylation is 1. The van der Waals surface area contributed by atoms with Gasteiger partial charge in [0.15, 0.2) is 10.8 Å². The molecule has 0 saturated heterocycles. The molecule has 37 heavy (non-hydrogen) atoms. The first-order valence-electron chi connectivity index (χ1n) is 10.5. The number of fused-ring (bicyclic) bond motifs is 1. The predicted molar refractivity (Wildman–Crippen MR) is 129 cm³/mol. The summed E-state index contributed by atoms with van der Waals surface area (Å²) in [5, 5.41) is 6.57. The lowest BCUT2D eigenvalue weighted by molar-refractivity contribution is 0.0595. The molecule has 1 aromatic carbocycles. The molecule has 0 atom stereocenters. The number of nitrogens with one attached hydrogen (secondary N) is 2. The van der Waals surface area contributed by atoms with Crippen LogP contribution >= 0.6 is 0 Å². The topological polar surface area (TPSA) is 177 Å². The summed E-state index contributed by atoms with van der Waals surface area (Å²) in [4.78, 5) is 37.5. The van der Waals surface area contributed by atoms with Crippen molar-refractivity contribution in [3.63, 3.8) is 0 Å². The van der Waals surface area contributed by atoms with E-state index < -0.39 is 27.0 Å². The minimum absolute atomic E-state index is 0.0449. The molecule has 0 bridgehead atoms. The number of urea groups is 1. The van der Waals surface area contributed by atoms with Crippen LogP contribution in [0.5, 0.6) is 11.8 Å². The quantitative estimate of drug-likeness (QED) is 0.335. The van der Waals surface area contributed by atoms with Crippen molar-refractivity contribution in [3.8, 4) is 17.6 Å². The minimum atomic E-state index is -4.73. The number of benzene rings is 1. The van der Waals surface area contributed by atoms with Gasteiger partial charge in [-0.05, 0) is 25.1 Å². The molecular formula is C22H21N7O7S. The molecule has 0 spiro atoms. The second-order valence-corrected chi connectivity index (χ2v) is 8.96. The smallest absolute Gasteiger partial charge is 0.342 e. The zero-order chi connectivity index (χ0) is 26.7. The first-order valence-corrected chi connectivity index (χ1v) is 12.0. The van der Waals surface area contributed by atoms with Crippen LogP contribution in [0.3, 0.4) is 0 Å². The monoisotopic (exact) mass is 527 g/mol. The van der Waals surface area contributed by atoms with Crippen molar-refractivity contribution in [2.75, 3.05) is 26.6 Å². The molecular weight excluding hydrogens is 506 g/mol. The number of ether oxygens (including phenoxy) is 3. The van der Waals surface area contributed by atoms with Crippen molar-refractivity contribution in [1.29, 1.82) is 0 Å². The van der Waals surface area contributed by atoms with Gasteiger partial charge in [0, 0.05) is 5.39 Å². The largest absolute Gasteiger partial charge is 0.481 e. The molecule has 2 N–H and O–H groups in total. The SMILES string of the molecule is COC(=O)c1c(C)nn(-c2ccc3ccccc3n2)c1S(=O)(=O)NC(=O)Nc1nc(OC)cc(OC)n1. The van der Waals surface area contributed by atoms with Crippen LogP contribution < -0.4 is 19.5 Å². The van der Waals surface area contributed by atoms with Gasteiger partial charge in [0.05, 0.1) is 38.6 Å².